The van der Waals surface area contributed by atoms with Crippen LogP contribution in [-0.4, -0.2) is 9.13 Å². The smallest absolute Gasteiger partial charge is 0.101 e. The first kappa shape index (κ1) is 24.3. The Morgan fingerprint density at radius 1 is 0.386 bits per heavy atom. The molecule has 0 saturated heterocycles. The molecule has 0 amide bonds. The van der Waals surface area contributed by atoms with Crippen molar-refractivity contribution >= 4 is 65.2 Å². The minimum atomic E-state index is 0.446. The van der Waals surface area contributed by atoms with Gasteiger partial charge in [0.05, 0.1) is 38.9 Å². The first-order chi connectivity index (χ1) is 21.7. The van der Waals surface area contributed by atoms with Crippen molar-refractivity contribution in [3.8, 4) is 23.5 Å². The fourth-order valence-corrected chi connectivity index (χ4v) is 6.99. The SMILES string of the molecule is N#Cc1cc(-n2c3ccccc3c3cc4ccccc4cc32)cc(C#N)c1-n1c2ccccc2c2cc3ccccc3cc21. The second-order valence-corrected chi connectivity index (χ2v) is 11.3. The summed E-state index contributed by atoms with van der Waals surface area (Å²) in [5, 5.41) is 30.3. The van der Waals surface area contributed by atoms with Crippen LogP contribution in [0.25, 0.3) is 76.5 Å². The van der Waals surface area contributed by atoms with Gasteiger partial charge in [0, 0.05) is 27.2 Å². The minimum absolute atomic E-state index is 0.446. The van der Waals surface area contributed by atoms with E-state index in [0.29, 0.717) is 16.8 Å². The van der Waals surface area contributed by atoms with Gasteiger partial charge in [0.2, 0.25) is 0 Å². The second-order valence-electron chi connectivity index (χ2n) is 11.3. The zero-order chi connectivity index (χ0) is 29.4. The summed E-state index contributed by atoms with van der Waals surface area (Å²) in [6, 6.07) is 50.8. The lowest BCUT2D eigenvalue weighted by atomic mass is 10.0. The molecule has 4 heteroatoms. The Kier molecular flexibility index (Phi) is 5.00. The van der Waals surface area contributed by atoms with Crippen molar-refractivity contribution in [2.24, 2.45) is 0 Å². The Morgan fingerprint density at radius 2 is 0.795 bits per heavy atom. The van der Waals surface area contributed by atoms with Gasteiger partial charge < -0.3 is 9.13 Å². The number of hydrogen-bond acceptors (Lipinski definition) is 2. The highest BCUT2D eigenvalue weighted by molar-refractivity contribution is 6.15. The van der Waals surface area contributed by atoms with E-state index in [0.717, 1.165) is 65.5 Å². The largest absolute Gasteiger partial charge is 0.309 e. The Balaban J connectivity index is 1.39. The molecule has 0 bridgehead atoms. The summed E-state index contributed by atoms with van der Waals surface area (Å²) >= 11 is 0. The molecule has 0 radical (unpaired) electrons. The van der Waals surface area contributed by atoms with Gasteiger partial charge in [0.1, 0.15) is 12.1 Å². The van der Waals surface area contributed by atoms with Gasteiger partial charge >= 0.3 is 0 Å². The molecule has 2 aromatic heterocycles. The maximum atomic E-state index is 10.7. The van der Waals surface area contributed by atoms with E-state index < -0.39 is 0 Å². The third-order valence-electron chi connectivity index (χ3n) is 8.90. The average molecular weight is 559 g/mol. The van der Waals surface area contributed by atoms with Crippen LogP contribution >= 0.6 is 0 Å². The summed E-state index contributed by atoms with van der Waals surface area (Å²) in [6.07, 6.45) is 0. The molecule has 0 N–H and O–H groups in total. The van der Waals surface area contributed by atoms with E-state index in [1.54, 1.807) is 0 Å². The third-order valence-corrected chi connectivity index (χ3v) is 8.90. The first-order valence-electron chi connectivity index (χ1n) is 14.6. The van der Waals surface area contributed by atoms with Crippen molar-refractivity contribution < 1.29 is 0 Å². The maximum Gasteiger partial charge on any atom is 0.101 e. The van der Waals surface area contributed by atoms with E-state index in [-0.39, 0.29) is 0 Å². The number of aromatic nitrogens is 2. The summed E-state index contributed by atoms with van der Waals surface area (Å²) in [5.74, 6) is 0. The van der Waals surface area contributed by atoms with Crippen LogP contribution in [0.2, 0.25) is 0 Å². The molecule has 7 aromatic carbocycles. The van der Waals surface area contributed by atoms with Crippen molar-refractivity contribution in [1.29, 1.82) is 10.5 Å². The van der Waals surface area contributed by atoms with E-state index >= 15 is 0 Å². The van der Waals surface area contributed by atoms with Gasteiger partial charge in [-0.3, -0.25) is 0 Å². The Morgan fingerprint density at radius 3 is 1.30 bits per heavy atom. The number of para-hydroxylation sites is 2. The fraction of sp³-hybridized carbons (Fsp3) is 0. The van der Waals surface area contributed by atoms with E-state index in [4.69, 9.17) is 0 Å². The Hall–Kier alpha value is -6.36. The van der Waals surface area contributed by atoms with Crippen molar-refractivity contribution in [3.05, 3.63) is 145 Å². The van der Waals surface area contributed by atoms with E-state index in [1.807, 2.05) is 48.5 Å². The van der Waals surface area contributed by atoms with Crippen molar-refractivity contribution in [2.45, 2.75) is 0 Å². The number of nitrogens with zero attached hydrogens (tertiary/aromatic N) is 4. The molecule has 0 saturated carbocycles. The zero-order valence-corrected chi connectivity index (χ0v) is 23.5. The molecule has 202 valence electrons. The van der Waals surface area contributed by atoms with Crippen LogP contribution in [0, 0.1) is 22.7 Å². The summed E-state index contributed by atoms with van der Waals surface area (Å²) < 4.78 is 4.28. The average Bonchev–Trinajstić information content (AvgIpc) is 3.57. The summed E-state index contributed by atoms with van der Waals surface area (Å²) in [5.41, 5.74) is 6.27. The van der Waals surface area contributed by atoms with Crippen molar-refractivity contribution in [2.75, 3.05) is 0 Å². The molecule has 0 spiro atoms. The maximum absolute atomic E-state index is 10.7. The molecule has 9 rings (SSSR count). The van der Waals surface area contributed by atoms with Gasteiger partial charge in [0.15, 0.2) is 0 Å². The van der Waals surface area contributed by atoms with Crippen LogP contribution in [0.4, 0.5) is 0 Å². The molecule has 0 aliphatic carbocycles. The summed E-state index contributed by atoms with van der Waals surface area (Å²) in [4.78, 5) is 0. The lowest BCUT2D eigenvalue weighted by molar-refractivity contribution is 1.12. The highest BCUT2D eigenvalue weighted by Crippen LogP contribution is 2.39. The third kappa shape index (κ3) is 3.31. The van der Waals surface area contributed by atoms with Gasteiger partial charge in [0.25, 0.3) is 0 Å². The predicted molar refractivity (Wildman–Crippen MR) is 180 cm³/mol. The monoisotopic (exact) mass is 558 g/mol. The Labute approximate surface area is 252 Å². The van der Waals surface area contributed by atoms with Gasteiger partial charge in [-0.05, 0) is 70.1 Å². The van der Waals surface area contributed by atoms with Crippen LogP contribution in [0.3, 0.4) is 0 Å². The first-order valence-corrected chi connectivity index (χ1v) is 14.6. The zero-order valence-electron chi connectivity index (χ0n) is 23.5. The number of fused-ring (bicyclic) bond motifs is 8. The highest BCUT2D eigenvalue weighted by Gasteiger charge is 2.21. The predicted octanol–water partition coefficient (Wildman–Crippen LogP) is 9.93. The lowest BCUT2D eigenvalue weighted by Crippen LogP contribution is -2.04. The molecule has 9 aromatic rings. The van der Waals surface area contributed by atoms with Crippen LogP contribution in [0.5, 0.6) is 0 Å². The molecule has 0 aliphatic heterocycles. The fourth-order valence-electron chi connectivity index (χ4n) is 6.99. The summed E-state index contributed by atoms with van der Waals surface area (Å²) in [7, 11) is 0. The van der Waals surface area contributed by atoms with Crippen LogP contribution < -0.4 is 0 Å². The molecule has 0 fully saturated rings. The summed E-state index contributed by atoms with van der Waals surface area (Å²) in [6.45, 7) is 0. The second kappa shape index (κ2) is 9.07. The number of nitriles is 2. The van der Waals surface area contributed by atoms with Crippen LogP contribution in [0.1, 0.15) is 11.1 Å². The lowest BCUT2D eigenvalue weighted by Gasteiger charge is -2.16. The minimum Gasteiger partial charge on any atom is -0.309 e. The molecule has 2 heterocycles. The van der Waals surface area contributed by atoms with Gasteiger partial charge in [-0.25, -0.2) is 0 Å². The molecule has 0 atom stereocenters. The molecular formula is C40H22N4. The molecule has 4 nitrogen and oxygen atoms in total. The molecule has 0 unspecified atom stereocenters. The van der Waals surface area contributed by atoms with Gasteiger partial charge in [-0.1, -0.05) is 84.9 Å². The van der Waals surface area contributed by atoms with E-state index in [2.05, 4.69) is 106 Å². The number of hydrogen-bond donors (Lipinski definition) is 0. The quantitative estimate of drug-likeness (QED) is 0.212. The van der Waals surface area contributed by atoms with Gasteiger partial charge in [-0.2, -0.15) is 10.5 Å². The van der Waals surface area contributed by atoms with Crippen LogP contribution in [0.15, 0.2) is 133 Å². The Bertz CT molecular complexity index is 2710. The van der Waals surface area contributed by atoms with Gasteiger partial charge in [-0.15, -0.1) is 0 Å². The standard InChI is InChI=1S/C40H22N4/c41-23-29-17-31(43-36-15-7-5-13-32(36)34-19-25-9-1-3-11-27(25)21-38(34)43)18-30(24-42)40(29)44-37-16-8-6-14-33(37)35-20-26-10-2-4-12-28(26)22-39(35)44/h1-22H. The topological polar surface area (TPSA) is 57.4 Å². The highest BCUT2D eigenvalue weighted by atomic mass is 15.0. The van der Waals surface area contributed by atoms with Crippen LogP contribution in [-0.2, 0) is 0 Å². The molecular weight excluding hydrogens is 536 g/mol. The van der Waals surface area contributed by atoms with E-state index in [1.165, 1.54) is 5.39 Å². The number of rotatable bonds is 2. The normalized spacial score (nSPS) is 11.6. The van der Waals surface area contributed by atoms with E-state index in [9.17, 15) is 10.5 Å². The van der Waals surface area contributed by atoms with Crippen molar-refractivity contribution in [3.63, 3.8) is 0 Å². The van der Waals surface area contributed by atoms with Crippen molar-refractivity contribution in [1.82, 2.24) is 9.13 Å². The molecule has 0 aliphatic rings. The molecule has 44 heavy (non-hydrogen) atoms. The number of benzene rings is 7.